The number of hydrogen-bond donors (Lipinski definition) is 2. The summed E-state index contributed by atoms with van der Waals surface area (Å²) in [5.74, 6) is -0.405. The molecule has 0 amide bonds. The van der Waals surface area contributed by atoms with Gasteiger partial charge in [-0.05, 0) is 11.6 Å². The highest BCUT2D eigenvalue weighted by molar-refractivity contribution is 5.75. The number of nitrogens with two attached hydrogens (primary N) is 1. The van der Waals surface area contributed by atoms with Gasteiger partial charge in [0, 0.05) is 5.56 Å². The molecule has 0 aliphatic carbocycles. The Bertz CT molecular complexity index is 391. The van der Waals surface area contributed by atoms with Crippen molar-refractivity contribution in [1.29, 1.82) is 0 Å². The molecule has 0 fully saturated rings. The Morgan fingerprint density at radius 3 is 3.07 bits per heavy atom. The van der Waals surface area contributed by atoms with Gasteiger partial charge in [0.1, 0.15) is 11.8 Å². The topological polar surface area (TPSA) is 81.8 Å². The molecular weight excluding hydrogens is 198 g/mol. The van der Waals surface area contributed by atoms with Crippen LogP contribution in [-0.2, 0) is 16.1 Å². The van der Waals surface area contributed by atoms with E-state index in [1.807, 2.05) is 0 Å². The summed E-state index contributed by atoms with van der Waals surface area (Å²) in [5, 5.41) is 8.75. The van der Waals surface area contributed by atoms with Crippen molar-refractivity contribution < 1.29 is 19.4 Å². The quantitative estimate of drug-likeness (QED) is 0.746. The summed E-state index contributed by atoms with van der Waals surface area (Å²) < 4.78 is 10.3. The molecule has 1 aliphatic rings. The standard InChI is InChI=1S/C10H11NO4/c11-9(10(12)13)6-1-2-7-4-14-5-15-8(7)3-6/h1-3,9H,4-5,11H2,(H,12,13). The molecule has 0 saturated heterocycles. The molecule has 0 radical (unpaired) electrons. The fourth-order valence-corrected chi connectivity index (χ4v) is 1.42. The van der Waals surface area contributed by atoms with E-state index in [0.29, 0.717) is 17.9 Å². The van der Waals surface area contributed by atoms with Crippen molar-refractivity contribution in [2.45, 2.75) is 12.6 Å². The maximum absolute atomic E-state index is 10.7. The van der Waals surface area contributed by atoms with Crippen LogP contribution in [0, 0.1) is 0 Å². The summed E-state index contributed by atoms with van der Waals surface area (Å²) in [4.78, 5) is 10.7. The number of hydrogen-bond acceptors (Lipinski definition) is 4. The van der Waals surface area contributed by atoms with Gasteiger partial charge in [0.2, 0.25) is 0 Å². The summed E-state index contributed by atoms with van der Waals surface area (Å²) in [6.07, 6.45) is 0. The van der Waals surface area contributed by atoms with Crippen LogP contribution in [0.25, 0.3) is 0 Å². The zero-order chi connectivity index (χ0) is 10.8. The van der Waals surface area contributed by atoms with E-state index in [2.05, 4.69) is 0 Å². The van der Waals surface area contributed by atoms with Crippen LogP contribution in [0.1, 0.15) is 17.2 Å². The van der Waals surface area contributed by atoms with Crippen molar-refractivity contribution in [2.75, 3.05) is 6.79 Å². The number of carbonyl (C=O) groups is 1. The highest BCUT2D eigenvalue weighted by Gasteiger charge is 2.17. The van der Waals surface area contributed by atoms with Crippen LogP contribution in [0.2, 0.25) is 0 Å². The van der Waals surface area contributed by atoms with Gasteiger partial charge in [-0.2, -0.15) is 0 Å². The number of fused-ring (bicyclic) bond motifs is 1. The summed E-state index contributed by atoms with van der Waals surface area (Å²) in [5.41, 5.74) is 6.92. The number of benzene rings is 1. The Kier molecular flexibility index (Phi) is 2.57. The molecule has 3 N–H and O–H groups in total. The minimum atomic E-state index is -1.05. The van der Waals surface area contributed by atoms with E-state index in [1.165, 1.54) is 0 Å². The molecule has 1 atom stereocenters. The molecule has 5 heteroatoms. The molecule has 80 valence electrons. The zero-order valence-electron chi connectivity index (χ0n) is 7.97. The van der Waals surface area contributed by atoms with E-state index in [1.54, 1.807) is 18.2 Å². The lowest BCUT2D eigenvalue weighted by Crippen LogP contribution is -2.21. The fourth-order valence-electron chi connectivity index (χ4n) is 1.42. The van der Waals surface area contributed by atoms with Crippen LogP contribution in [0.15, 0.2) is 18.2 Å². The number of carboxylic acids is 1. The van der Waals surface area contributed by atoms with E-state index < -0.39 is 12.0 Å². The second-order valence-corrected chi connectivity index (χ2v) is 3.29. The third-order valence-electron chi connectivity index (χ3n) is 2.27. The first-order chi connectivity index (χ1) is 7.18. The average molecular weight is 209 g/mol. The molecule has 0 aromatic heterocycles. The van der Waals surface area contributed by atoms with Crippen LogP contribution < -0.4 is 10.5 Å². The summed E-state index contributed by atoms with van der Waals surface area (Å²) >= 11 is 0. The number of aliphatic carboxylic acids is 1. The number of ether oxygens (including phenoxy) is 2. The van der Waals surface area contributed by atoms with Crippen LogP contribution >= 0.6 is 0 Å². The van der Waals surface area contributed by atoms with Crippen LogP contribution in [0.5, 0.6) is 5.75 Å². The molecular formula is C10H11NO4. The average Bonchev–Trinajstić information content (AvgIpc) is 2.27. The molecule has 0 bridgehead atoms. The maximum atomic E-state index is 10.7. The largest absolute Gasteiger partial charge is 0.480 e. The van der Waals surface area contributed by atoms with Crippen molar-refractivity contribution in [1.82, 2.24) is 0 Å². The first-order valence-corrected chi connectivity index (χ1v) is 4.50. The van der Waals surface area contributed by atoms with Crippen LogP contribution in [0.3, 0.4) is 0 Å². The van der Waals surface area contributed by atoms with Crippen molar-refractivity contribution in [3.8, 4) is 5.75 Å². The van der Waals surface area contributed by atoms with Gasteiger partial charge in [0.15, 0.2) is 6.79 Å². The third-order valence-corrected chi connectivity index (χ3v) is 2.27. The Morgan fingerprint density at radius 1 is 1.53 bits per heavy atom. The highest BCUT2D eigenvalue weighted by atomic mass is 16.7. The minimum absolute atomic E-state index is 0.193. The van der Waals surface area contributed by atoms with Gasteiger partial charge in [0.05, 0.1) is 6.61 Å². The Labute approximate surface area is 86.4 Å². The van der Waals surface area contributed by atoms with Gasteiger partial charge in [-0.3, -0.25) is 4.79 Å². The maximum Gasteiger partial charge on any atom is 0.325 e. The van der Waals surface area contributed by atoms with Crippen molar-refractivity contribution in [3.63, 3.8) is 0 Å². The summed E-state index contributed by atoms with van der Waals surface area (Å²) in [6.45, 7) is 0.677. The van der Waals surface area contributed by atoms with Gasteiger partial charge >= 0.3 is 5.97 Å². The molecule has 2 rings (SSSR count). The van der Waals surface area contributed by atoms with Gasteiger partial charge in [-0.25, -0.2) is 0 Å². The lowest BCUT2D eigenvalue weighted by atomic mass is 10.0. The molecule has 1 aromatic rings. The normalized spacial score (nSPS) is 16.3. The smallest absolute Gasteiger partial charge is 0.325 e. The SMILES string of the molecule is NC(C(=O)O)c1ccc2c(c1)OCOC2. The van der Waals surface area contributed by atoms with E-state index in [0.717, 1.165) is 5.56 Å². The van der Waals surface area contributed by atoms with Crippen LogP contribution in [-0.4, -0.2) is 17.9 Å². The molecule has 5 nitrogen and oxygen atoms in total. The summed E-state index contributed by atoms with van der Waals surface area (Å²) in [7, 11) is 0. The van der Waals surface area contributed by atoms with E-state index >= 15 is 0 Å². The third kappa shape index (κ3) is 1.93. The predicted octanol–water partition coefficient (Wildman–Crippen LogP) is 0.637. The lowest BCUT2D eigenvalue weighted by molar-refractivity contribution is -0.138. The zero-order valence-corrected chi connectivity index (χ0v) is 7.97. The monoisotopic (exact) mass is 209 g/mol. The second-order valence-electron chi connectivity index (χ2n) is 3.29. The van der Waals surface area contributed by atoms with Crippen molar-refractivity contribution in [3.05, 3.63) is 29.3 Å². The van der Waals surface area contributed by atoms with Gasteiger partial charge in [0.25, 0.3) is 0 Å². The Morgan fingerprint density at radius 2 is 2.33 bits per heavy atom. The number of rotatable bonds is 2. The van der Waals surface area contributed by atoms with Gasteiger partial charge in [-0.1, -0.05) is 12.1 Å². The fraction of sp³-hybridized carbons (Fsp3) is 0.300. The molecule has 1 unspecified atom stereocenters. The molecule has 1 aromatic carbocycles. The first kappa shape index (κ1) is 9.95. The molecule has 15 heavy (non-hydrogen) atoms. The Hall–Kier alpha value is -1.59. The minimum Gasteiger partial charge on any atom is -0.480 e. The highest BCUT2D eigenvalue weighted by Crippen LogP contribution is 2.26. The second kappa shape index (κ2) is 3.88. The molecule has 1 heterocycles. The van der Waals surface area contributed by atoms with E-state index in [9.17, 15) is 4.79 Å². The van der Waals surface area contributed by atoms with Crippen molar-refractivity contribution >= 4 is 5.97 Å². The predicted molar refractivity (Wildman–Crippen MR) is 51.3 cm³/mol. The van der Waals surface area contributed by atoms with Crippen LogP contribution in [0.4, 0.5) is 0 Å². The summed E-state index contributed by atoms with van der Waals surface area (Å²) in [6, 6.07) is 4.08. The number of carboxylic acid groups (broad SMARTS) is 1. The van der Waals surface area contributed by atoms with E-state index in [-0.39, 0.29) is 6.79 Å². The molecule has 0 spiro atoms. The lowest BCUT2D eigenvalue weighted by Gasteiger charge is -2.19. The van der Waals surface area contributed by atoms with Gasteiger partial charge in [-0.15, -0.1) is 0 Å². The molecule has 1 aliphatic heterocycles. The first-order valence-electron chi connectivity index (χ1n) is 4.50. The Balaban J connectivity index is 2.31. The van der Waals surface area contributed by atoms with Gasteiger partial charge < -0.3 is 20.3 Å². The van der Waals surface area contributed by atoms with Crippen molar-refractivity contribution in [2.24, 2.45) is 5.73 Å². The van der Waals surface area contributed by atoms with E-state index in [4.69, 9.17) is 20.3 Å². The molecule has 0 saturated carbocycles.